The first-order valence-corrected chi connectivity index (χ1v) is 6.58. The molecule has 0 radical (unpaired) electrons. The van der Waals surface area contributed by atoms with Gasteiger partial charge in [-0.25, -0.2) is 4.79 Å². The lowest BCUT2D eigenvalue weighted by Gasteiger charge is -2.40. The van der Waals surface area contributed by atoms with Crippen LogP contribution in [0.25, 0.3) is 0 Å². The van der Waals surface area contributed by atoms with Crippen molar-refractivity contribution in [3.63, 3.8) is 0 Å². The van der Waals surface area contributed by atoms with E-state index in [0.29, 0.717) is 13.0 Å². The molecule has 0 aliphatic heterocycles. The first-order valence-electron chi connectivity index (χ1n) is 6.58. The Morgan fingerprint density at radius 1 is 1.44 bits per heavy atom. The van der Waals surface area contributed by atoms with Crippen molar-refractivity contribution < 1.29 is 19.4 Å². The van der Waals surface area contributed by atoms with Gasteiger partial charge in [0.15, 0.2) is 0 Å². The lowest BCUT2D eigenvalue weighted by Crippen LogP contribution is -2.53. The monoisotopic (exact) mass is 257 g/mol. The van der Waals surface area contributed by atoms with E-state index in [1.54, 1.807) is 7.11 Å². The molecular formula is C13H23NO4. The Hall–Kier alpha value is -1.10. The van der Waals surface area contributed by atoms with Crippen LogP contribution in [0, 0.1) is 5.41 Å². The fourth-order valence-electron chi connectivity index (χ4n) is 2.29. The van der Waals surface area contributed by atoms with E-state index in [9.17, 15) is 9.59 Å². The van der Waals surface area contributed by atoms with Gasteiger partial charge in [0.1, 0.15) is 6.04 Å². The molecule has 18 heavy (non-hydrogen) atoms. The van der Waals surface area contributed by atoms with Gasteiger partial charge in [0.25, 0.3) is 0 Å². The van der Waals surface area contributed by atoms with Crippen molar-refractivity contribution in [2.45, 2.75) is 51.5 Å². The number of aliphatic carboxylic acids is 1. The van der Waals surface area contributed by atoms with Gasteiger partial charge in [0.2, 0.25) is 5.91 Å². The molecule has 1 atom stereocenters. The molecule has 1 rings (SSSR count). The fraction of sp³-hybridized carbons (Fsp3) is 0.846. The predicted molar refractivity (Wildman–Crippen MR) is 67.3 cm³/mol. The highest BCUT2D eigenvalue weighted by Crippen LogP contribution is 2.41. The van der Waals surface area contributed by atoms with E-state index < -0.39 is 17.4 Å². The molecule has 0 bridgehead atoms. The molecule has 1 aliphatic carbocycles. The minimum atomic E-state index is -0.955. The Morgan fingerprint density at radius 3 is 2.50 bits per heavy atom. The number of methoxy groups -OCH3 is 1. The summed E-state index contributed by atoms with van der Waals surface area (Å²) in [5.41, 5.74) is -0.491. The highest BCUT2D eigenvalue weighted by molar-refractivity contribution is 5.88. The predicted octanol–water partition coefficient (Wildman–Crippen LogP) is 1.56. The molecule has 0 unspecified atom stereocenters. The lowest BCUT2D eigenvalue weighted by atomic mass is 9.68. The summed E-state index contributed by atoms with van der Waals surface area (Å²) < 4.78 is 5.09. The topological polar surface area (TPSA) is 75.6 Å². The Morgan fingerprint density at radius 2 is 2.11 bits per heavy atom. The van der Waals surface area contributed by atoms with Crippen molar-refractivity contribution in [1.82, 2.24) is 5.32 Å². The van der Waals surface area contributed by atoms with Crippen LogP contribution in [-0.4, -0.2) is 36.7 Å². The Kier molecular flexibility index (Phi) is 5.59. The van der Waals surface area contributed by atoms with Gasteiger partial charge in [-0.2, -0.15) is 0 Å². The third-order valence-electron chi connectivity index (χ3n) is 3.66. The number of hydrogen-bond donors (Lipinski definition) is 2. The Balaban J connectivity index is 2.56. The van der Waals surface area contributed by atoms with Crippen molar-refractivity contribution in [3.05, 3.63) is 0 Å². The number of amides is 1. The molecular weight excluding hydrogens is 234 g/mol. The molecule has 5 nitrogen and oxygen atoms in total. The zero-order valence-corrected chi connectivity index (χ0v) is 11.2. The van der Waals surface area contributed by atoms with E-state index in [4.69, 9.17) is 9.84 Å². The van der Waals surface area contributed by atoms with Crippen molar-refractivity contribution in [2.24, 2.45) is 5.41 Å². The third kappa shape index (κ3) is 3.45. The van der Waals surface area contributed by atoms with Crippen molar-refractivity contribution >= 4 is 11.9 Å². The van der Waals surface area contributed by atoms with Gasteiger partial charge in [-0.15, -0.1) is 0 Å². The van der Waals surface area contributed by atoms with Crippen LogP contribution in [0.5, 0.6) is 0 Å². The van der Waals surface area contributed by atoms with E-state index >= 15 is 0 Å². The van der Waals surface area contributed by atoms with Gasteiger partial charge in [0.05, 0.1) is 12.0 Å². The number of carbonyl (C=O) groups excluding carboxylic acids is 1. The van der Waals surface area contributed by atoms with Gasteiger partial charge in [0, 0.05) is 7.11 Å². The summed E-state index contributed by atoms with van der Waals surface area (Å²) in [6.45, 7) is 2.37. The molecule has 0 heterocycles. The molecule has 104 valence electrons. The second-order valence-corrected chi connectivity index (χ2v) is 5.07. The van der Waals surface area contributed by atoms with Gasteiger partial charge >= 0.3 is 5.97 Å². The number of carboxylic acids is 1. The van der Waals surface area contributed by atoms with Crippen molar-refractivity contribution in [2.75, 3.05) is 13.7 Å². The SMILES string of the molecule is CCCC[C@H](NC(=O)C1(COC)CCC1)C(=O)O. The molecule has 0 saturated heterocycles. The van der Waals surface area contributed by atoms with E-state index in [0.717, 1.165) is 32.1 Å². The second-order valence-electron chi connectivity index (χ2n) is 5.07. The number of hydrogen-bond acceptors (Lipinski definition) is 3. The van der Waals surface area contributed by atoms with E-state index in [2.05, 4.69) is 5.32 Å². The minimum absolute atomic E-state index is 0.167. The summed E-state index contributed by atoms with van der Waals surface area (Å²) in [6, 6.07) is -0.771. The smallest absolute Gasteiger partial charge is 0.326 e. The second kappa shape index (κ2) is 6.73. The molecule has 2 N–H and O–H groups in total. The van der Waals surface area contributed by atoms with Crippen LogP contribution >= 0.6 is 0 Å². The maximum atomic E-state index is 12.2. The average molecular weight is 257 g/mol. The largest absolute Gasteiger partial charge is 0.480 e. The van der Waals surface area contributed by atoms with E-state index in [-0.39, 0.29) is 5.91 Å². The minimum Gasteiger partial charge on any atom is -0.480 e. The van der Waals surface area contributed by atoms with Gasteiger partial charge in [-0.3, -0.25) is 4.79 Å². The number of unbranched alkanes of at least 4 members (excludes halogenated alkanes) is 1. The summed E-state index contributed by atoms with van der Waals surface area (Å²) in [7, 11) is 1.57. The number of ether oxygens (including phenoxy) is 1. The van der Waals surface area contributed by atoms with Crippen LogP contribution in [-0.2, 0) is 14.3 Å². The summed E-state index contributed by atoms with van der Waals surface area (Å²) in [6.07, 6.45) is 4.78. The van der Waals surface area contributed by atoms with Crippen LogP contribution in [0.4, 0.5) is 0 Å². The average Bonchev–Trinajstić information content (AvgIpc) is 2.28. The number of nitrogens with one attached hydrogen (secondary N) is 1. The Bertz CT molecular complexity index is 299. The summed E-state index contributed by atoms with van der Waals surface area (Å²) in [4.78, 5) is 23.2. The third-order valence-corrected chi connectivity index (χ3v) is 3.66. The molecule has 0 aromatic carbocycles. The van der Waals surface area contributed by atoms with Crippen LogP contribution in [0.1, 0.15) is 45.4 Å². The van der Waals surface area contributed by atoms with Crippen molar-refractivity contribution in [1.29, 1.82) is 0 Å². The zero-order chi connectivity index (χ0) is 13.6. The van der Waals surface area contributed by atoms with Gasteiger partial charge in [-0.1, -0.05) is 26.2 Å². The number of rotatable bonds is 8. The number of carbonyl (C=O) groups is 2. The van der Waals surface area contributed by atoms with E-state index in [1.165, 1.54) is 0 Å². The lowest BCUT2D eigenvalue weighted by molar-refractivity contribution is -0.148. The van der Waals surface area contributed by atoms with Gasteiger partial charge in [-0.05, 0) is 19.3 Å². The molecule has 1 aliphatic rings. The first kappa shape index (κ1) is 15.0. The molecule has 0 aromatic heterocycles. The summed E-state index contributed by atoms with van der Waals surface area (Å²) in [5, 5.41) is 11.7. The zero-order valence-electron chi connectivity index (χ0n) is 11.2. The van der Waals surface area contributed by atoms with Crippen LogP contribution < -0.4 is 5.32 Å². The molecule has 0 spiro atoms. The fourth-order valence-corrected chi connectivity index (χ4v) is 2.29. The van der Waals surface area contributed by atoms with Gasteiger partial charge < -0.3 is 15.2 Å². The standard InChI is InChI=1S/C13H23NO4/c1-3-4-6-10(11(15)16)14-12(17)13(9-18-2)7-5-8-13/h10H,3-9H2,1-2H3,(H,14,17)(H,15,16)/t10-/m0/s1. The number of carboxylic acid groups (broad SMARTS) is 1. The van der Waals surface area contributed by atoms with Crippen LogP contribution in [0.15, 0.2) is 0 Å². The maximum Gasteiger partial charge on any atom is 0.326 e. The summed E-state index contributed by atoms with van der Waals surface area (Å²) >= 11 is 0. The van der Waals surface area contributed by atoms with E-state index in [1.807, 2.05) is 6.92 Å². The highest BCUT2D eigenvalue weighted by atomic mass is 16.5. The quantitative estimate of drug-likeness (QED) is 0.692. The Labute approximate surface area is 108 Å². The molecule has 1 saturated carbocycles. The van der Waals surface area contributed by atoms with Crippen LogP contribution in [0.3, 0.4) is 0 Å². The highest BCUT2D eigenvalue weighted by Gasteiger charge is 2.45. The first-order chi connectivity index (χ1) is 8.55. The van der Waals surface area contributed by atoms with Crippen LogP contribution in [0.2, 0.25) is 0 Å². The molecule has 1 amide bonds. The summed E-state index contributed by atoms with van der Waals surface area (Å²) in [5.74, 6) is -1.12. The molecule has 1 fully saturated rings. The maximum absolute atomic E-state index is 12.2. The van der Waals surface area contributed by atoms with Crippen molar-refractivity contribution in [3.8, 4) is 0 Å². The normalized spacial score (nSPS) is 18.8. The molecule has 0 aromatic rings. The molecule has 5 heteroatoms.